The third-order valence-electron chi connectivity index (χ3n) is 12.0. The third-order valence-corrected chi connectivity index (χ3v) is 12.0. The summed E-state index contributed by atoms with van der Waals surface area (Å²) in [6.45, 7) is 6.36. The van der Waals surface area contributed by atoms with Crippen molar-refractivity contribution in [2.24, 2.45) is 0 Å². The average Bonchev–Trinajstić information content (AvgIpc) is 3.24. The summed E-state index contributed by atoms with van der Waals surface area (Å²) in [5, 5.41) is 23.8. The van der Waals surface area contributed by atoms with Gasteiger partial charge in [-0.3, -0.25) is 9.59 Å². The number of allylic oxidation sites excluding steroid dienone is 6. The number of ether oxygens (including phenoxy) is 1. The van der Waals surface area contributed by atoms with E-state index in [1.165, 1.54) is 167 Å². The zero-order chi connectivity index (χ0) is 43.8. The Hall–Kier alpha value is -1.92. The summed E-state index contributed by atoms with van der Waals surface area (Å²) in [7, 11) is 0. The molecule has 0 heterocycles. The lowest BCUT2D eigenvalue weighted by molar-refractivity contribution is -0.151. The van der Waals surface area contributed by atoms with Gasteiger partial charge in [0.05, 0.1) is 25.2 Å². The van der Waals surface area contributed by atoms with Crippen LogP contribution >= 0.6 is 0 Å². The Bertz CT molecular complexity index is 993. The quantitative estimate of drug-likeness (QED) is 0.0322. The number of nitrogens with one attached hydrogen (secondary N) is 1. The molecule has 0 aliphatic heterocycles. The molecule has 3 N–H and O–H groups in total. The van der Waals surface area contributed by atoms with Gasteiger partial charge in [0.1, 0.15) is 6.10 Å². The smallest absolute Gasteiger partial charge is 0.306 e. The first-order chi connectivity index (χ1) is 29.5. The van der Waals surface area contributed by atoms with Gasteiger partial charge in [-0.15, -0.1) is 0 Å². The van der Waals surface area contributed by atoms with Gasteiger partial charge in [-0.1, -0.05) is 250 Å². The summed E-state index contributed by atoms with van der Waals surface area (Å²) < 4.78 is 5.92. The monoisotopic (exact) mass is 844 g/mol. The summed E-state index contributed by atoms with van der Waals surface area (Å²) >= 11 is 0. The summed E-state index contributed by atoms with van der Waals surface area (Å²) in [5.74, 6) is -0.478. The molecule has 0 aliphatic carbocycles. The molecule has 0 spiro atoms. The Morgan fingerprint density at radius 2 is 0.900 bits per heavy atom. The van der Waals surface area contributed by atoms with Crippen LogP contribution in [0.4, 0.5) is 0 Å². The maximum atomic E-state index is 13.2. The molecule has 0 bridgehead atoms. The van der Waals surface area contributed by atoms with E-state index in [4.69, 9.17) is 4.74 Å². The van der Waals surface area contributed by atoms with Gasteiger partial charge in [-0.25, -0.2) is 0 Å². The summed E-state index contributed by atoms with van der Waals surface area (Å²) in [4.78, 5) is 26.1. The molecule has 3 unspecified atom stereocenters. The number of aliphatic hydroxyl groups excluding tert-OH is 2. The first-order valence-corrected chi connectivity index (χ1v) is 26.2. The molecule has 0 radical (unpaired) electrons. The molecule has 0 fully saturated rings. The fourth-order valence-electron chi connectivity index (χ4n) is 8.08. The van der Waals surface area contributed by atoms with Crippen molar-refractivity contribution < 1.29 is 24.5 Å². The minimum absolute atomic E-state index is 0.0762. The van der Waals surface area contributed by atoms with Crippen LogP contribution in [-0.2, 0) is 14.3 Å². The second-order valence-corrected chi connectivity index (χ2v) is 18.0. The van der Waals surface area contributed by atoms with Crippen molar-refractivity contribution in [3.05, 3.63) is 36.5 Å². The summed E-state index contributed by atoms with van der Waals surface area (Å²) in [6.07, 6.45) is 56.3. The van der Waals surface area contributed by atoms with Crippen LogP contribution in [0.15, 0.2) is 36.5 Å². The number of carbonyl (C=O) groups excluding carboxylic acids is 2. The number of esters is 1. The zero-order valence-electron chi connectivity index (χ0n) is 40.1. The van der Waals surface area contributed by atoms with Crippen molar-refractivity contribution in [1.29, 1.82) is 0 Å². The summed E-state index contributed by atoms with van der Waals surface area (Å²) in [5.41, 5.74) is 0. The predicted molar refractivity (Wildman–Crippen MR) is 259 cm³/mol. The van der Waals surface area contributed by atoms with Crippen molar-refractivity contribution in [3.63, 3.8) is 0 Å². The van der Waals surface area contributed by atoms with Crippen molar-refractivity contribution in [3.8, 4) is 0 Å². The largest absolute Gasteiger partial charge is 0.462 e. The van der Waals surface area contributed by atoms with E-state index in [9.17, 15) is 19.8 Å². The van der Waals surface area contributed by atoms with Gasteiger partial charge >= 0.3 is 5.97 Å². The van der Waals surface area contributed by atoms with E-state index in [2.05, 4.69) is 62.5 Å². The second-order valence-electron chi connectivity index (χ2n) is 18.0. The van der Waals surface area contributed by atoms with E-state index in [1.807, 2.05) is 0 Å². The first kappa shape index (κ1) is 58.1. The highest BCUT2D eigenvalue weighted by Gasteiger charge is 2.24. The number of rotatable bonds is 47. The van der Waals surface area contributed by atoms with Gasteiger partial charge in [0.25, 0.3) is 0 Å². The normalized spacial score (nSPS) is 13.5. The third kappa shape index (κ3) is 42.8. The van der Waals surface area contributed by atoms with Crippen molar-refractivity contribution in [2.75, 3.05) is 6.61 Å². The Morgan fingerprint density at radius 3 is 1.35 bits per heavy atom. The average molecular weight is 844 g/mol. The second kappa shape index (κ2) is 48.1. The highest BCUT2D eigenvalue weighted by atomic mass is 16.5. The van der Waals surface area contributed by atoms with Gasteiger partial charge < -0.3 is 20.3 Å². The number of hydrogen-bond donors (Lipinski definition) is 3. The molecule has 60 heavy (non-hydrogen) atoms. The molecule has 0 aromatic carbocycles. The lowest BCUT2D eigenvalue weighted by Crippen LogP contribution is -2.46. The van der Waals surface area contributed by atoms with Crippen LogP contribution in [0.3, 0.4) is 0 Å². The van der Waals surface area contributed by atoms with Gasteiger partial charge in [0.15, 0.2) is 0 Å². The van der Waals surface area contributed by atoms with E-state index in [-0.39, 0.29) is 24.9 Å². The highest BCUT2D eigenvalue weighted by Crippen LogP contribution is 2.18. The summed E-state index contributed by atoms with van der Waals surface area (Å²) in [6, 6.07) is -0.700. The lowest BCUT2D eigenvalue weighted by atomic mass is 10.0. The van der Waals surface area contributed by atoms with Gasteiger partial charge in [-0.05, 0) is 44.9 Å². The van der Waals surface area contributed by atoms with E-state index in [1.54, 1.807) is 0 Å². The molecule has 6 nitrogen and oxygen atoms in total. The minimum atomic E-state index is -0.786. The van der Waals surface area contributed by atoms with E-state index >= 15 is 0 Å². The molecule has 0 aromatic rings. The van der Waals surface area contributed by atoms with Gasteiger partial charge in [0, 0.05) is 6.42 Å². The van der Waals surface area contributed by atoms with Gasteiger partial charge in [0.2, 0.25) is 5.91 Å². The Labute approximate surface area is 373 Å². The number of hydrogen-bond acceptors (Lipinski definition) is 5. The molecule has 0 aliphatic rings. The number of aliphatic hydroxyl groups is 2. The van der Waals surface area contributed by atoms with Crippen LogP contribution in [0.5, 0.6) is 0 Å². The number of unbranched alkanes of at least 4 members (excludes halogenated alkanes) is 31. The van der Waals surface area contributed by atoms with Crippen LogP contribution in [0.2, 0.25) is 0 Å². The molecule has 6 heteroatoms. The van der Waals surface area contributed by atoms with Crippen LogP contribution in [-0.4, -0.2) is 46.9 Å². The first-order valence-electron chi connectivity index (χ1n) is 26.2. The van der Waals surface area contributed by atoms with Crippen molar-refractivity contribution >= 4 is 11.9 Å². The molecule has 1 amide bonds. The standard InChI is InChI=1S/C54H101NO5/c1-4-7-10-13-16-19-22-24-26-28-29-31-34-37-40-43-46-52(57)51(49-56)55-53(58)48-50(45-42-39-36-33-21-18-15-12-9-6-3)60-54(59)47-44-41-38-35-32-30-27-25-23-20-17-14-11-8-5-2/h8,11,14,17,20,23,50-52,56-57H,4-7,9-10,12-13,15-16,18-19,21-22,24-49H2,1-3H3,(H,55,58)/b11-8+,17-14+,23-20+. The molecular formula is C54H101NO5. The van der Waals surface area contributed by atoms with Crippen LogP contribution in [0.25, 0.3) is 0 Å². The maximum Gasteiger partial charge on any atom is 0.306 e. The maximum absolute atomic E-state index is 13.2. The molecule has 0 rings (SSSR count). The number of carbonyl (C=O) groups is 2. The van der Waals surface area contributed by atoms with Crippen LogP contribution in [0, 0.1) is 0 Å². The van der Waals surface area contributed by atoms with E-state index in [0.717, 1.165) is 57.8 Å². The van der Waals surface area contributed by atoms with Crippen molar-refractivity contribution in [1.82, 2.24) is 5.32 Å². The molecular weight excluding hydrogens is 743 g/mol. The van der Waals surface area contributed by atoms with Crippen molar-refractivity contribution in [2.45, 2.75) is 289 Å². The molecule has 0 saturated carbocycles. The topological polar surface area (TPSA) is 95.9 Å². The molecule has 3 atom stereocenters. The van der Waals surface area contributed by atoms with Crippen LogP contribution < -0.4 is 5.32 Å². The van der Waals surface area contributed by atoms with Crippen LogP contribution in [0.1, 0.15) is 271 Å². The predicted octanol–water partition coefficient (Wildman–Crippen LogP) is 15.7. The number of amides is 1. The fourth-order valence-corrected chi connectivity index (χ4v) is 8.08. The van der Waals surface area contributed by atoms with E-state index < -0.39 is 18.2 Å². The molecule has 0 aromatic heterocycles. The highest BCUT2D eigenvalue weighted by molar-refractivity contribution is 5.77. The minimum Gasteiger partial charge on any atom is -0.462 e. The fraction of sp³-hybridized carbons (Fsp3) is 0.852. The molecule has 352 valence electrons. The van der Waals surface area contributed by atoms with E-state index in [0.29, 0.717) is 19.3 Å². The molecule has 0 saturated heterocycles. The lowest BCUT2D eigenvalue weighted by Gasteiger charge is -2.24. The Morgan fingerprint density at radius 1 is 0.500 bits per heavy atom. The Balaban J connectivity index is 4.46. The Kier molecular flexibility index (Phi) is 46.6. The van der Waals surface area contributed by atoms with Gasteiger partial charge in [-0.2, -0.15) is 0 Å². The zero-order valence-corrected chi connectivity index (χ0v) is 40.1. The SMILES string of the molecule is CC/C=C/C=C/C=C/CCCCCCCCCC(=O)OC(CCCCCCCCCCCC)CC(=O)NC(CO)C(O)CCCCCCCCCCCCCCCCCC.